The molecule has 18 heavy (non-hydrogen) atoms. The summed E-state index contributed by atoms with van der Waals surface area (Å²) in [6.07, 6.45) is 11.1. The van der Waals surface area contributed by atoms with Crippen LogP contribution in [0.1, 0.15) is 57.8 Å². The highest BCUT2D eigenvalue weighted by molar-refractivity contribution is 5.85. The van der Waals surface area contributed by atoms with E-state index in [1.54, 1.807) is 0 Å². The Labute approximate surface area is 117 Å². The van der Waals surface area contributed by atoms with Gasteiger partial charge in [-0.25, -0.2) is 0 Å². The molecular weight excluding hydrogens is 248 g/mol. The fourth-order valence-electron chi connectivity index (χ4n) is 3.02. The molecular formula is C14H27ClN2O. The molecule has 1 atom stereocenters. The number of carbonyl (C=O) groups excluding carboxylic acids is 1. The van der Waals surface area contributed by atoms with E-state index in [0.717, 1.165) is 25.9 Å². The Morgan fingerprint density at radius 2 is 1.67 bits per heavy atom. The van der Waals surface area contributed by atoms with Gasteiger partial charge in [0.1, 0.15) is 0 Å². The van der Waals surface area contributed by atoms with Gasteiger partial charge in [-0.05, 0) is 32.2 Å². The standard InChI is InChI=1S/C14H26N2O.ClH/c17-14(16-11-13-9-6-10-15-13)12-7-4-2-1-3-5-8-12;/h12-13,15H,1-11H2,(H,16,17);1H. The molecule has 106 valence electrons. The van der Waals surface area contributed by atoms with Crippen molar-refractivity contribution in [3.63, 3.8) is 0 Å². The van der Waals surface area contributed by atoms with Crippen molar-refractivity contribution in [2.75, 3.05) is 13.1 Å². The molecule has 0 bridgehead atoms. The van der Waals surface area contributed by atoms with Gasteiger partial charge in [0.2, 0.25) is 5.91 Å². The van der Waals surface area contributed by atoms with Crippen molar-refractivity contribution >= 4 is 18.3 Å². The molecule has 2 fully saturated rings. The molecule has 1 heterocycles. The summed E-state index contributed by atoms with van der Waals surface area (Å²) in [4.78, 5) is 12.1. The average molecular weight is 275 g/mol. The molecule has 0 aromatic carbocycles. The fraction of sp³-hybridized carbons (Fsp3) is 0.929. The van der Waals surface area contributed by atoms with E-state index in [0.29, 0.717) is 11.9 Å². The molecule has 2 rings (SSSR count). The second-order valence-corrected chi connectivity index (χ2v) is 5.58. The summed E-state index contributed by atoms with van der Waals surface area (Å²) < 4.78 is 0. The van der Waals surface area contributed by atoms with Gasteiger partial charge in [-0.3, -0.25) is 4.79 Å². The zero-order valence-electron chi connectivity index (χ0n) is 11.2. The summed E-state index contributed by atoms with van der Waals surface area (Å²) >= 11 is 0. The van der Waals surface area contributed by atoms with Gasteiger partial charge >= 0.3 is 0 Å². The van der Waals surface area contributed by atoms with Crippen molar-refractivity contribution in [3.8, 4) is 0 Å². The van der Waals surface area contributed by atoms with Crippen LogP contribution in [-0.4, -0.2) is 25.0 Å². The Balaban J connectivity index is 0.00000162. The zero-order chi connectivity index (χ0) is 11.9. The Morgan fingerprint density at radius 1 is 1.00 bits per heavy atom. The lowest BCUT2D eigenvalue weighted by molar-refractivity contribution is -0.125. The molecule has 2 aliphatic rings. The van der Waals surface area contributed by atoms with Gasteiger partial charge in [0.05, 0.1) is 0 Å². The van der Waals surface area contributed by atoms with Crippen LogP contribution in [0, 0.1) is 5.92 Å². The van der Waals surface area contributed by atoms with Crippen LogP contribution in [0.15, 0.2) is 0 Å². The van der Waals surface area contributed by atoms with Gasteiger partial charge < -0.3 is 10.6 Å². The highest BCUT2D eigenvalue weighted by atomic mass is 35.5. The van der Waals surface area contributed by atoms with E-state index in [1.165, 1.54) is 44.9 Å². The van der Waals surface area contributed by atoms with Gasteiger partial charge in [-0.15, -0.1) is 12.4 Å². The van der Waals surface area contributed by atoms with E-state index < -0.39 is 0 Å². The van der Waals surface area contributed by atoms with Crippen LogP contribution in [0.5, 0.6) is 0 Å². The molecule has 0 spiro atoms. The molecule has 3 nitrogen and oxygen atoms in total. The summed E-state index contributed by atoms with van der Waals surface area (Å²) in [7, 11) is 0. The topological polar surface area (TPSA) is 41.1 Å². The van der Waals surface area contributed by atoms with Crippen molar-refractivity contribution in [2.45, 2.75) is 63.8 Å². The summed E-state index contributed by atoms with van der Waals surface area (Å²) in [5.41, 5.74) is 0. The highest BCUT2D eigenvalue weighted by Crippen LogP contribution is 2.22. The molecule has 1 saturated carbocycles. The van der Waals surface area contributed by atoms with Crippen LogP contribution >= 0.6 is 12.4 Å². The van der Waals surface area contributed by atoms with Crippen LogP contribution in [0.4, 0.5) is 0 Å². The molecule has 0 radical (unpaired) electrons. The van der Waals surface area contributed by atoms with E-state index in [1.807, 2.05) is 0 Å². The summed E-state index contributed by atoms with van der Waals surface area (Å²) in [6, 6.07) is 0.521. The summed E-state index contributed by atoms with van der Waals surface area (Å²) in [5.74, 6) is 0.595. The number of rotatable bonds is 3. The third-order valence-electron chi connectivity index (χ3n) is 4.16. The minimum Gasteiger partial charge on any atom is -0.354 e. The van der Waals surface area contributed by atoms with Crippen molar-refractivity contribution in [1.29, 1.82) is 0 Å². The molecule has 0 aromatic rings. The summed E-state index contributed by atoms with van der Waals surface area (Å²) in [5, 5.41) is 6.56. The second kappa shape index (κ2) is 8.76. The maximum absolute atomic E-state index is 12.1. The minimum absolute atomic E-state index is 0. The zero-order valence-corrected chi connectivity index (χ0v) is 12.1. The number of carbonyl (C=O) groups is 1. The fourth-order valence-corrected chi connectivity index (χ4v) is 3.02. The monoisotopic (exact) mass is 274 g/mol. The molecule has 1 saturated heterocycles. The van der Waals surface area contributed by atoms with Gasteiger partial charge in [-0.2, -0.15) is 0 Å². The molecule has 1 aliphatic heterocycles. The summed E-state index contributed by atoms with van der Waals surface area (Å²) in [6.45, 7) is 1.94. The van der Waals surface area contributed by atoms with Crippen molar-refractivity contribution in [2.24, 2.45) is 5.92 Å². The normalized spacial score (nSPS) is 25.9. The Bertz CT molecular complexity index is 234. The minimum atomic E-state index is 0. The Kier molecular flexibility index (Phi) is 7.68. The van der Waals surface area contributed by atoms with Gasteiger partial charge in [0.15, 0.2) is 0 Å². The SMILES string of the molecule is Cl.O=C(NCC1CCCN1)C1CCCCCCC1. The lowest BCUT2D eigenvalue weighted by Crippen LogP contribution is -2.40. The average Bonchev–Trinajstić information content (AvgIpc) is 2.78. The maximum atomic E-state index is 12.1. The quantitative estimate of drug-likeness (QED) is 0.831. The lowest BCUT2D eigenvalue weighted by Gasteiger charge is -2.20. The van der Waals surface area contributed by atoms with Crippen molar-refractivity contribution < 1.29 is 4.79 Å². The number of hydrogen-bond acceptors (Lipinski definition) is 2. The molecule has 2 N–H and O–H groups in total. The smallest absolute Gasteiger partial charge is 0.223 e. The third kappa shape index (κ3) is 5.15. The lowest BCUT2D eigenvalue weighted by atomic mass is 9.90. The first kappa shape index (κ1) is 15.8. The van der Waals surface area contributed by atoms with Crippen LogP contribution in [-0.2, 0) is 4.79 Å². The highest BCUT2D eigenvalue weighted by Gasteiger charge is 2.21. The van der Waals surface area contributed by atoms with E-state index in [9.17, 15) is 4.79 Å². The predicted octanol–water partition coefficient (Wildman–Crippen LogP) is 2.64. The van der Waals surface area contributed by atoms with Gasteiger partial charge in [-0.1, -0.05) is 32.1 Å². The number of amides is 1. The largest absolute Gasteiger partial charge is 0.354 e. The van der Waals surface area contributed by atoms with Crippen LogP contribution in [0.25, 0.3) is 0 Å². The van der Waals surface area contributed by atoms with Gasteiger partial charge in [0.25, 0.3) is 0 Å². The van der Waals surface area contributed by atoms with Crippen LogP contribution in [0.3, 0.4) is 0 Å². The Hall–Kier alpha value is -0.280. The first-order chi connectivity index (χ1) is 8.36. The van der Waals surface area contributed by atoms with Gasteiger partial charge in [0, 0.05) is 18.5 Å². The van der Waals surface area contributed by atoms with E-state index in [2.05, 4.69) is 10.6 Å². The van der Waals surface area contributed by atoms with Crippen LogP contribution < -0.4 is 10.6 Å². The third-order valence-corrected chi connectivity index (χ3v) is 4.16. The van der Waals surface area contributed by atoms with E-state index in [4.69, 9.17) is 0 Å². The predicted molar refractivity (Wildman–Crippen MR) is 77.1 cm³/mol. The maximum Gasteiger partial charge on any atom is 0.223 e. The first-order valence-corrected chi connectivity index (χ1v) is 7.37. The molecule has 1 amide bonds. The molecule has 1 unspecified atom stereocenters. The van der Waals surface area contributed by atoms with E-state index >= 15 is 0 Å². The number of nitrogens with one attached hydrogen (secondary N) is 2. The Morgan fingerprint density at radius 3 is 2.28 bits per heavy atom. The molecule has 4 heteroatoms. The number of halogens is 1. The number of hydrogen-bond donors (Lipinski definition) is 2. The second-order valence-electron chi connectivity index (χ2n) is 5.58. The van der Waals surface area contributed by atoms with E-state index in [-0.39, 0.29) is 18.3 Å². The van der Waals surface area contributed by atoms with Crippen molar-refractivity contribution in [1.82, 2.24) is 10.6 Å². The molecule has 1 aliphatic carbocycles. The van der Waals surface area contributed by atoms with Crippen LogP contribution in [0.2, 0.25) is 0 Å². The first-order valence-electron chi connectivity index (χ1n) is 7.37. The van der Waals surface area contributed by atoms with Crippen molar-refractivity contribution in [3.05, 3.63) is 0 Å². The molecule has 0 aromatic heterocycles.